The van der Waals surface area contributed by atoms with Crippen LogP contribution in [0, 0.1) is 6.92 Å². The van der Waals surface area contributed by atoms with Gasteiger partial charge in [-0.25, -0.2) is 8.42 Å². The van der Waals surface area contributed by atoms with Gasteiger partial charge in [0.05, 0.1) is 17.7 Å². The van der Waals surface area contributed by atoms with Gasteiger partial charge in [-0.15, -0.1) is 0 Å². The second kappa shape index (κ2) is 10.2. The maximum Gasteiger partial charge on any atom is 0.264 e. The zero-order valence-corrected chi connectivity index (χ0v) is 20.4. The van der Waals surface area contributed by atoms with Crippen LogP contribution in [0.1, 0.15) is 18.4 Å². The molecule has 0 atom stereocenters. The molecule has 0 saturated carbocycles. The number of sulfonamides is 1. The van der Waals surface area contributed by atoms with Crippen molar-refractivity contribution in [1.29, 1.82) is 0 Å². The van der Waals surface area contributed by atoms with Crippen LogP contribution in [-0.2, 0) is 19.6 Å². The number of carbonyl (C=O) groups is 2. The lowest BCUT2D eigenvalue weighted by Gasteiger charge is -2.24. The molecule has 0 unspecified atom stereocenters. The van der Waals surface area contributed by atoms with Crippen molar-refractivity contribution in [3.8, 4) is 5.75 Å². The van der Waals surface area contributed by atoms with Crippen molar-refractivity contribution in [2.45, 2.75) is 24.7 Å². The van der Waals surface area contributed by atoms with Gasteiger partial charge in [0.15, 0.2) is 0 Å². The molecule has 1 fully saturated rings. The van der Waals surface area contributed by atoms with Gasteiger partial charge in [-0.1, -0.05) is 17.7 Å². The minimum absolute atomic E-state index is 0.0817. The van der Waals surface area contributed by atoms with Gasteiger partial charge in [0.25, 0.3) is 10.0 Å². The van der Waals surface area contributed by atoms with E-state index in [1.165, 1.54) is 19.2 Å². The number of nitrogens with one attached hydrogen (secondary N) is 1. The molecule has 1 aliphatic heterocycles. The van der Waals surface area contributed by atoms with E-state index in [1.54, 1.807) is 65.6 Å². The van der Waals surface area contributed by atoms with Crippen LogP contribution in [0.3, 0.4) is 0 Å². The largest absolute Gasteiger partial charge is 0.497 e. The van der Waals surface area contributed by atoms with Crippen LogP contribution in [-0.4, -0.2) is 40.4 Å². The fourth-order valence-corrected chi connectivity index (χ4v) is 5.30. The third kappa shape index (κ3) is 5.46. The minimum atomic E-state index is -4.01. The molecule has 0 bridgehead atoms. The summed E-state index contributed by atoms with van der Waals surface area (Å²) in [7, 11) is -2.49. The number of aryl methyl sites for hydroxylation is 1. The average Bonchev–Trinajstić information content (AvgIpc) is 3.29. The summed E-state index contributed by atoms with van der Waals surface area (Å²) in [5.41, 5.74) is 2.54. The predicted molar refractivity (Wildman–Crippen MR) is 135 cm³/mol. The highest BCUT2D eigenvalue weighted by atomic mass is 32.2. The zero-order chi connectivity index (χ0) is 25.0. The highest BCUT2D eigenvalue weighted by Crippen LogP contribution is 2.27. The summed E-state index contributed by atoms with van der Waals surface area (Å²) in [4.78, 5) is 26.7. The van der Waals surface area contributed by atoms with E-state index in [-0.39, 0.29) is 10.8 Å². The number of carbonyl (C=O) groups excluding carboxylic acids is 2. The van der Waals surface area contributed by atoms with Crippen LogP contribution in [0.25, 0.3) is 0 Å². The maximum absolute atomic E-state index is 13.5. The van der Waals surface area contributed by atoms with E-state index in [9.17, 15) is 18.0 Å². The number of hydrogen-bond acceptors (Lipinski definition) is 5. The summed E-state index contributed by atoms with van der Waals surface area (Å²) in [6, 6.07) is 19.9. The van der Waals surface area contributed by atoms with Gasteiger partial charge < -0.3 is 15.0 Å². The summed E-state index contributed by atoms with van der Waals surface area (Å²) in [6.07, 6.45) is 1.36. The number of benzene rings is 3. The maximum atomic E-state index is 13.5. The van der Waals surface area contributed by atoms with Gasteiger partial charge in [-0.3, -0.25) is 13.9 Å². The first-order valence-corrected chi connectivity index (χ1v) is 12.7. The standard InChI is InChI=1S/C26H27N3O5S/c1-19-5-15-24(16-6-19)35(32,33)29(22-11-13-23(34-2)14-12-22)18-25(30)27-20-7-9-21(10-8-20)28-17-3-4-26(28)31/h5-16H,3-4,17-18H2,1-2H3,(H,27,30). The third-order valence-corrected chi connectivity index (χ3v) is 7.58. The van der Waals surface area contributed by atoms with Gasteiger partial charge in [-0.05, 0) is 74.0 Å². The first kappa shape index (κ1) is 24.3. The van der Waals surface area contributed by atoms with Gasteiger partial charge in [0, 0.05) is 24.3 Å². The second-order valence-corrected chi connectivity index (χ2v) is 10.1. The number of amides is 2. The van der Waals surface area contributed by atoms with E-state index in [1.807, 2.05) is 6.92 Å². The summed E-state index contributed by atoms with van der Waals surface area (Å²) in [6.45, 7) is 2.13. The summed E-state index contributed by atoms with van der Waals surface area (Å²) >= 11 is 0. The molecule has 1 heterocycles. The van der Waals surface area contributed by atoms with Crippen LogP contribution < -0.4 is 19.3 Å². The monoisotopic (exact) mass is 493 g/mol. The fraction of sp³-hybridized carbons (Fsp3) is 0.231. The van der Waals surface area contributed by atoms with Crippen molar-refractivity contribution in [2.75, 3.05) is 34.7 Å². The van der Waals surface area contributed by atoms with Crippen molar-refractivity contribution in [3.05, 3.63) is 78.4 Å². The normalized spacial score (nSPS) is 13.5. The first-order chi connectivity index (χ1) is 16.8. The molecule has 9 heteroatoms. The van der Waals surface area contributed by atoms with Crippen molar-refractivity contribution < 1.29 is 22.7 Å². The van der Waals surface area contributed by atoms with Crippen molar-refractivity contribution in [1.82, 2.24) is 0 Å². The first-order valence-electron chi connectivity index (χ1n) is 11.2. The molecular weight excluding hydrogens is 466 g/mol. The Balaban J connectivity index is 1.56. The van der Waals surface area contributed by atoms with Crippen molar-refractivity contribution in [3.63, 3.8) is 0 Å². The van der Waals surface area contributed by atoms with E-state index in [2.05, 4.69) is 5.32 Å². The minimum Gasteiger partial charge on any atom is -0.497 e. The smallest absolute Gasteiger partial charge is 0.264 e. The molecule has 0 aliphatic carbocycles. The Labute approximate surface area is 205 Å². The van der Waals surface area contributed by atoms with E-state index < -0.39 is 22.5 Å². The quantitative estimate of drug-likeness (QED) is 0.512. The van der Waals surface area contributed by atoms with Gasteiger partial charge >= 0.3 is 0 Å². The number of rotatable bonds is 8. The van der Waals surface area contributed by atoms with Gasteiger partial charge in [-0.2, -0.15) is 0 Å². The lowest BCUT2D eigenvalue weighted by Crippen LogP contribution is -2.38. The SMILES string of the molecule is COc1ccc(N(CC(=O)Nc2ccc(N3CCCC3=O)cc2)S(=O)(=O)c2ccc(C)cc2)cc1. The summed E-state index contributed by atoms with van der Waals surface area (Å²) in [5.74, 6) is 0.155. The Morgan fingerprint density at radius 2 is 1.66 bits per heavy atom. The molecule has 1 aliphatic rings. The van der Waals surface area contributed by atoms with Crippen LogP contribution in [0.5, 0.6) is 5.75 Å². The fourth-order valence-electron chi connectivity index (χ4n) is 3.88. The molecule has 3 aromatic rings. The summed E-state index contributed by atoms with van der Waals surface area (Å²) < 4.78 is 33.2. The Bertz CT molecular complexity index is 1300. The molecule has 1 saturated heterocycles. The van der Waals surface area contributed by atoms with Crippen LogP contribution >= 0.6 is 0 Å². The lowest BCUT2D eigenvalue weighted by molar-refractivity contribution is -0.117. The number of ether oxygens (including phenoxy) is 1. The lowest BCUT2D eigenvalue weighted by atomic mass is 10.2. The molecule has 182 valence electrons. The number of methoxy groups -OCH3 is 1. The van der Waals surface area contributed by atoms with Crippen molar-refractivity contribution in [2.24, 2.45) is 0 Å². The molecular formula is C26H27N3O5S. The second-order valence-electron chi connectivity index (χ2n) is 8.27. The number of nitrogens with zero attached hydrogens (tertiary/aromatic N) is 2. The van der Waals surface area contributed by atoms with E-state index >= 15 is 0 Å². The summed E-state index contributed by atoms with van der Waals surface area (Å²) in [5, 5.41) is 2.75. The molecule has 0 spiro atoms. The predicted octanol–water partition coefficient (Wildman–Crippen LogP) is 3.96. The molecule has 35 heavy (non-hydrogen) atoms. The van der Waals surface area contributed by atoms with Crippen LogP contribution in [0.4, 0.5) is 17.1 Å². The Morgan fingerprint density at radius 3 is 2.23 bits per heavy atom. The molecule has 2 amide bonds. The van der Waals surface area contributed by atoms with Crippen molar-refractivity contribution >= 4 is 38.9 Å². The number of anilines is 3. The van der Waals surface area contributed by atoms with Gasteiger partial charge in [0.1, 0.15) is 12.3 Å². The van der Waals surface area contributed by atoms with E-state index in [0.29, 0.717) is 30.1 Å². The number of hydrogen-bond donors (Lipinski definition) is 1. The topological polar surface area (TPSA) is 96.0 Å². The molecule has 0 aromatic heterocycles. The molecule has 0 radical (unpaired) electrons. The van der Waals surface area contributed by atoms with Crippen LogP contribution in [0.2, 0.25) is 0 Å². The Hall–Kier alpha value is -3.85. The third-order valence-electron chi connectivity index (χ3n) is 5.79. The van der Waals surface area contributed by atoms with E-state index in [4.69, 9.17) is 4.74 Å². The highest BCUT2D eigenvalue weighted by Gasteiger charge is 2.27. The zero-order valence-electron chi connectivity index (χ0n) is 19.6. The van der Waals surface area contributed by atoms with Gasteiger partial charge in [0.2, 0.25) is 11.8 Å². The Kier molecular flexibility index (Phi) is 7.07. The van der Waals surface area contributed by atoms with Crippen LogP contribution in [0.15, 0.2) is 77.7 Å². The Morgan fingerprint density at radius 1 is 1.00 bits per heavy atom. The molecule has 3 aromatic carbocycles. The molecule has 1 N–H and O–H groups in total. The van der Waals surface area contributed by atoms with E-state index in [0.717, 1.165) is 22.0 Å². The highest BCUT2D eigenvalue weighted by molar-refractivity contribution is 7.92. The molecule has 8 nitrogen and oxygen atoms in total. The molecule has 4 rings (SSSR count). The average molecular weight is 494 g/mol.